The highest BCUT2D eigenvalue weighted by atomic mass is 79.9. The highest BCUT2D eigenvalue weighted by molar-refractivity contribution is 9.10. The minimum Gasteiger partial charge on any atom is -0.494 e. The van der Waals surface area contributed by atoms with Crippen LogP contribution in [0.5, 0.6) is 11.5 Å². The van der Waals surface area contributed by atoms with Crippen LogP contribution in [0, 0.1) is 0 Å². The number of benzene rings is 3. The number of nitrogens with one attached hydrogen (secondary N) is 1. The van der Waals surface area contributed by atoms with Crippen molar-refractivity contribution >= 4 is 27.5 Å². The molecular formula is C27H30BrNO3. The molecule has 0 aliphatic carbocycles. The Balaban J connectivity index is 1.60. The molecule has 0 unspecified atom stereocenters. The van der Waals surface area contributed by atoms with Gasteiger partial charge < -0.3 is 14.8 Å². The Bertz CT molecular complexity index is 991. The molecule has 5 heteroatoms. The molecule has 0 aliphatic rings. The Kier molecular flexibility index (Phi) is 9.63. The third-order valence-electron chi connectivity index (χ3n) is 5.04. The Labute approximate surface area is 199 Å². The van der Waals surface area contributed by atoms with Crippen LogP contribution < -0.4 is 14.8 Å². The molecule has 0 radical (unpaired) electrons. The van der Waals surface area contributed by atoms with E-state index in [9.17, 15) is 4.79 Å². The number of unbranched alkanes of at least 4 members (excludes halogenated alkanes) is 3. The average molecular weight is 496 g/mol. The van der Waals surface area contributed by atoms with Gasteiger partial charge in [-0.25, -0.2) is 0 Å². The first kappa shape index (κ1) is 23.9. The van der Waals surface area contributed by atoms with Crippen molar-refractivity contribution in [3.63, 3.8) is 0 Å². The smallest absolute Gasteiger partial charge is 0.259 e. The summed E-state index contributed by atoms with van der Waals surface area (Å²) in [5, 5.41) is 2.97. The number of amides is 1. The van der Waals surface area contributed by atoms with E-state index in [1.807, 2.05) is 54.6 Å². The van der Waals surface area contributed by atoms with Crippen LogP contribution in [0.15, 0.2) is 77.3 Å². The highest BCUT2D eigenvalue weighted by Crippen LogP contribution is 2.26. The summed E-state index contributed by atoms with van der Waals surface area (Å²) in [6.07, 6.45) is 5.40. The molecule has 168 valence electrons. The van der Waals surface area contributed by atoms with Crippen molar-refractivity contribution in [1.82, 2.24) is 0 Å². The molecule has 0 saturated heterocycles. The maximum Gasteiger partial charge on any atom is 0.259 e. The summed E-state index contributed by atoms with van der Waals surface area (Å²) in [6.45, 7) is 3.37. The van der Waals surface area contributed by atoms with E-state index >= 15 is 0 Å². The van der Waals surface area contributed by atoms with Crippen molar-refractivity contribution < 1.29 is 14.3 Å². The van der Waals surface area contributed by atoms with Crippen molar-refractivity contribution in [2.75, 3.05) is 18.5 Å². The van der Waals surface area contributed by atoms with Gasteiger partial charge in [0.2, 0.25) is 0 Å². The van der Waals surface area contributed by atoms with Crippen LogP contribution in [0.2, 0.25) is 0 Å². The molecule has 1 amide bonds. The second kappa shape index (κ2) is 12.9. The van der Waals surface area contributed by atoms with Gasteiger partial charge in [-0.1, -0.05) is 78.5 Å². The molecule has 3 aromatic carbocycles. The minimum atomic E-state index is -0.221. The number of hydrogen-bond acceptors (Lipinski definition) is 3. The second-order valence-electron chi connectivity index (χ2n) is 7.62. The van der Waals surface area contributed by atoms with Gasteiger partial charge in [0.25, 0.3) is 5.91 Å². The molecule has 3 rings (SSSR count). The number of carbonyl (C=O) groups excluding carboxylic acids is 1. The van der Waals surface area contributed by atoms with Crippen LogP contribution >= 0.6 is 15.9 Å². The molecule has 0 bridgehead atoms. The Hall–Kier alpha value is -2.79. The lowest BCUT2D eigenvalue weighted by molar-refractivity contribution is 0.102. The Morgan fingerprint density at radius 3 is 2.53 bits per heavy atom. The van der Waals surface area contributed by atoms with Gasteiger partial charge in [-0.05, 0) is 42.3 Å². The predicted octanol–water partition coefficient (Wildman–Crippen LogP) is 7.28. The normalized spacial score (nSPS) is 10.6. The lowest BCUT2D eigenvalue weighted by atomic mass is 10.1. The SMILES string of the molecule is CCCCCCOc1cccc(NC(=O)c2cc(Br)ccc2OCCc2ccccc2)c1. The second-order valence-corrected chi connectivity index (χ2v) is 8.53. The van der Waals surface area contributed by atoms with Gasteiger partial charge in [0, 0.05) is 22.6 Å². The fourth-order valence-corrected chi connectivity index (χ4v) is 3.67. The summed E-state index contributed by atoms with van der Waals surface area (Å²) in [7, 11) is 0. The number of halogens is 1. The first-order chi connectivity index (χ1) is 15.7. The molecule has 0 spiro atoms. The summed E-state index contributed by atoms with van der Waals surface area (Å²) in [5.41, 5.74) is 2.37. The van der Waals surface area contributed by atoms with Crippen LogP contribution in [0.4, 0.5) is 5.69 Å². The number of ether oxygens (including phenoxy) is 2. The predicted molar refractivity (Wildman–Crippen MR) is 134 cm³/mol. The van der Waals surface area contributed by atoms with Gasteiger partial charge in [0.05, 0.1) is 18.8 Å². The van der Waals surface area contributed by atoms with E-state index in [1.165, 1.54) is 24.8 Å². The van der Waals surface area contributed by atoms with Crippen LogP contribution in [0.25, 0.3) is 0 Å². The molecule has 3 aromatic rings. The molecule has 32 heavy (non-hydrogen) atoms. The number of anilines is 1. The van der Waals surface area contributed by atoms with E-state index in [-0.39, 0.29) is 5.91 Å². The number of carbonyl (C=O) groups is 1. The fourth-order valence-electron chi connectivity index (χ4n) is 3.31. The lowest BCUT2D eigenvalue weighted by Crippen LogP contribution is -2.14. The summed E-state index contributed by atoms with van der Waals surface area (Å²) >= 11 is 3.46. The fraction of sp³-hybridized carbons (Fsp3) is 0.296. The summed E-state index contributed by atoms with van der Waals surface area (Å²) in [6, 6.07) is 23.1. The van der Waals surface area contributed by atoms with Crippen LogP contribution in [0.3, 0.4) is 0 Å². The zero-order valence-electron chi connectivity index (χ0n) is 18.5. The number of rotatable bonds is 12. The van der Waals surface area contributed by atoms with Crippen LogP contribution in [-0.2, 0) is 6.42 Å². The molecule has 0 fully saturated rings. The van der Waals surface area contributed by atoms with Crippen molar-refractivity contribution in [2.45, 2.75) is 39.0 Å². The standard InChI is InChI=1S/C27H30BrNO3/c1-2-3-4-8-17-31-24-13-9-12-23(20-24)29-27(30)25-19-22(28)14-15-26(25)32-18-16-21-10-6-5-7-11-21/h5-7,9-15,19-20H,2-4,8,16-18H2,1H3,(H,29,30). The van der Waals surface area contributed by atoms with Gasteiger partial charge in [0.1, 0.15) is 11.5 Å². The maximum absolute atomic E-state index is 13.0. The molecule has 4 nitrogen and oxygen atoms in total. The Morgan fingerprint density at radius 2 is 1.72 bits per heavy atom. The van der Waals surface area contributed by atoms with Crippen LogP contribution in [0.1, 0.15) is 48.5 Å². The molecular weight excluding hydrogens is 466 g/mol. The monoisotopic (exact) mass is 495 g/mol. The van der Waals surface area contributed by atoms with Gasteiger partial charge in [-0.2, -0.15) is 0 Å². The molecule has 0 aliphatic heterocycles. The third-order valence-corrected chi connectivity index (χ3v) is 5.53. The van der Waals surface area contributed by atoms with E-state index in [0.717, 1.165) is 23.1 Å². The van der Waals surface area contributed by atoms with Gasteiger partial charge in [0.15, 0.2) is 0 Å². The zero-order chi connectivity index (χ0) is 22.6. The maximum atomic E-state index is 13.0. The molecule has 0 atom stereocenters. The largest absolute Gasteiger partial charge is 0.494 e. The first-order valence-corrected chi connectivity index (χ1v) is 12.0. The molecule has 0 heterocycles. The number of hydrogen-bond donors (Lipinski definition) is 1. The van der Waals surface area contributed by atoms with Gasteiger partial charge >= 0.3 is 0 Å². The van der Waals surface area contributed by atoms with Crippen molar-refractivity contribution in [1.29, 1.82) is 0 Å². The van der Waals surface area contributed by atoms with Gasteiger partial charge in [-0.3, -0.25) is 4.79 Å². The molecule has 0 saturated carbocycles. The minimum absolute atomic E-state index is 0.221. The Morgan fingerprint density at radius 1 is 0.875 bits per heavy atom. The zero-order valence-corrected chi connectivity index (χ0v) is 20.1. The van der Waals surface area contributed by atoms with Crippen LogP contribution in [-0.4, -0.2) is 19.1 Å². The summed E-state index contributed by atoms with van der Waals surface area (Å²) < 4.78 is 12.6. The van der Waals surface area contributed by atoms with E-state index in [0.29, 0.717) is 30.2 Å². The molecule has 1 N–H and O–H groups in total. The molecule has 0 aromatic heterocycles. The first-order valence-electron chi connectivity index (χ1n) is 11.2. The topological polar surface area (TPSA) is 47.6 Å². The summed E-state index contributed by atoms with van der Waals surface area (Å²) in [4.78, 5) is 13.0. The average Bonchev–Trinajstić information content (AvgIpc) is 2.81. The summed E-state index contributed by atoms with van der Waals surface area (Å²) in [5.74, 6) is 1.10. The van der Waals surface area contributed by atoms with E-state index in [4.69, 9.17) is 9.47 Å². The lowest BCUT2D eigenvalue weighted by Gasteiger charge is -2.13. The van der Waals surface area contributed by atoms with E-state index < -0.39 is 0 Å². The van der Waals surface area contributed by atoms with Gasteiger partial charge in [-0.15, -0.1) is 0 Å². The third kappa shape index (κ3) is 7.72. The van der Waals surface area contributed by atoms with Crippen molar-refractivity contribution in [3.05, 3.63) is 88.4 Å². The quantitative estimate of drug-likeness (QED) is 0.268. The highest BCUT2D eigenvalue weighted by Gasteiger charge is 2.14. The van der Waals surface area contributed by atoms with Crippen molar-refractivity contribution in [3.8, 4) is 11.5 Å². The van der Waals surface area contributed by atoms with E-state index in [1.54, 1.807) is 6.07 Å². The van der Waals surface area contributed by atoms with E-state index in [2.05, 4.69) is 40.3 Å². The van der Waals surface area contributed by atoms with Crippen molar-refractivity contribution in [2.24, 2.45) is 0 Å².